The number of nitrogens with one attached hydrogen (secondary N) is 2. The number of rotatable bonds is 5. The fourth-order valence-corrected chi connectivity index (χ4v) is 5.08. The van der Waals surface area contributed by atoms with Gasteiger partial charge < -0.3 is 39.0 Å². The van der Waals surface area contributed by atoms with Crippen molar-refractivity contribution < 1.29 is 33.3 Å². The van der Waals surface area contributed by atoms with E-state index < -0.39 is 11.9 Å². The number of carbonyl (C=O) groups is 3. The lowest BCUT2D eigenvalue weighted by molar-refractivity contribution is -0.137. The van der Waals surface area contributed by atoms with Crippen molar-refractivity contribution in [1.29, 1.82) is 0 Å². The second kappa shape index (κ2) is 13.5. The minimum Gasteiger partial charge on any atom is -0.493 e. The summed E-state index contributed by atoms with van der Waals surface area (Å²) in [4.78, 5) is 45.7. The number of aromatic nitrogens is 2. The monoisotopic (exact) mass is 591 g/mol. The zero-order chi connectivity index (χ0) is 30.3. The van der Waals surface area contributed by atoms with Gasteiger partial charge in [0, 0.05) is 37.5 Å². The van der Waals surface area contributed by atoms with Gasteiger partial charge in [0.05, 0.1) is 20.2 Å². The molecule has 0 saturated carbocycles. The smallest absolute Gasteiger partial charge is 0.242 e. The molecule has 0 fully saturated rings. The summed E-state index contributed by atoms with van der Waals surface area (Å²) in [5.74, 6) is 1.96. The SMILES string of the molecule is COc1ccc2cc1OCCN(C(=O)CCc1ccc3c(c1)OCO3)CC(=O)N[C@H](C(C)C)C(=O)NCCn1ccnc1-2. The van der Waals surface area contributed by atoms with Crippen LogP contribution >= 0.6 is 0 Å². The Morgan fingerprint density at radius 2 is 1.91 bits per heavy atom. The minimum absolute atomic E-state index is 0.116. The Hall–Kier alpha value is -4.74. The van der Waals surface area contributed by atoms with Crippen LogP contribution in [-0.4, -0.2) is 78.4 Å². The van der Waals surface area contributed by atoms with Crippen LogP contribution in [0.2, 0.25) is 0 Å². The van der Waals surface area contributed by atoms with E-state index in [9.17, 15) is 14.4 Å². The van der Waals surface area contributed by atoms with E-state index in [1.54, 1.807) is 19.4 Å². The highest BCUT2D eigenvalue weighted by Crippen LogP contribution is 2.33. The second-order valence-corrected chi connectivity index (χ2v) is 10.7. The molecule has 5 rings (SSSR count). The first-order valence-electron chi connectivity index (χ1n) is 14.4. The van der Waals surface area contributed by atoms with Crippen LogP contribution in [0.25, 0.3) is 11.4 Å². The zero-order valence-electron chi connectivity index (χ0n) is 24.6. The molecule has 43 heavy (non-hydrogen) atoms. The third-order valence-electron chi connectivity index (χ3n) is 7.43. The topological polar surface area (TPSA) is 133 Å². The average Bonchev–Trinajstić information content (AvgIpc) is 3.67. The molecular formula is C31H37N5O7. The number of imidazole rings is 1. The van der Waals surface area contributed by atoms with E-state index in [1.165, 1.54) is 4.90 Å². The predicted octanol–water partition coefficient (Wildman–Crippen LogP) is 2.40. The van der Waals surface area contributed by atoms with Crippen LogP contribution in [0.5, 0.6) is 23.0 Å². The van der Waals surface area contributed by atoms with Crippen molar-refractivity contribution in [3.05, 3.63) is 54.4 Å². The number of fused-ring (bicyclic) bond motifs is 5. The number of nitrogens with zero attached hydrogens (tertiary/aromatic N) is 3. The Morgan fingerprint density at radius 1 is 1.07 bits per heavy atom. The van der Waals surface area contributed by atoms with Gasteiger partial charge in [-0.1, -0.05) is 19.9 Å². The van der Waals surface area contributed by atoms with E-state index >= 15 is 0 Å². The summed E-state index contributed by atoms with van der Waals surface area (Å²) in [6.07, 6.45) is 4.16. The molecule has 12 heteroatoms. The van der Waals surface area contributed by atoms with Gasteiger partial charge >= 0.3 is 0 Å². The molecule has 2 aromatic carbocycles. The van der Waals surface area contributed by atoms with Crippen LogP contribution in [0.15, 0.2) is 48.8 Å². The third kappa shape index (κ3) is 7.19. The van der Waals surface area contributed by atoms with Gasteiger partial charge in [-0.3, -0.25) is 14.4 Å². The Balaban J connectivity index is 1.37. The van der Waals surface area contributed by atoms with Crippen molar-refractivity contribution in [2.45, 2.75) is 39.3 Å². The van der Waals surface area contributed by atoms with Crippen molar-refractivity contribution in [3.63, 3.8) is 0 Å². The molecule has 3 aromatic rings. The van der Waals surface area contributed by atoms with Crippen LogP contribution in [-0.2, 0) is 27.3 Å². The number of hydrogen-bond donors (Lipinski definition) is 2. The van der Waals surface area contributed by atoms with Gasteiger partial charge in [0.2, 0.25) is 24.5 Å². The van der Waals surface area contributed by atoms with Crippen LogP contribution in [0, 0.1) is 5.92 Å². The maximum Gasteiger partial charge on any atom is 0.242 e. The molecule has 2 aliphatic rings. The third-order valence-corrected chi connectivity index (χ3v) is 7.43. The predicted molar refractivity (Wildman–Crippen MR) is 157 cm³/mol. The van der Waals surface area contributed by atoms with Gasteiger partial charge in [0.15, 0.2) is 23.0 Å². The number of amides is 3. The minimum atomic E-state index is -0.758. The largest absolute Gasteiger partial charge is 0.493 e. The maximum absolute atomic E-state index is 13.4. The van der Waals surface area contributed by atoms with E-state index in [4.69, 9.17) is 18.9 Å². The summed E-state index contributed by atoms with van der Waals surface area (Å²) in [7, 11) is 1.56. The van der Waals surface area contributed by atoms with E-state index in [2.05, 4.69) is 15.6 Å². The molecule has 2 bridgehead atoms. The number of ether oxygens (including phenoxy) is 4. The molecule has 0 spiro atoms. The summed E-state index contributed by atoms with van der Waals surface area (Å²) in [6.45, 7) is 4.77. The molecule has 3 heterocycles. The number of aryl methyl sites for hydroxylation is 1. The molecule has 0 aliphatic carbocycles. The van der Waals surface area contributed by atoms with Gasteiger partial charge in [-0.15, -0.1) is 0 Å². The lowest BCUT2D eigenvalue weighted by atomic mass is 10.0. The Kier molecular flexibility index (Phi) is 9.33. The van der Waals surface area contributed by atoms with E-state index in [0.717, 1.165) is 11.1 Å². The number of hydrogen-bond acceptors (Lipinski definition) is 8. The molecule has 3 amide bonds. The summed E-state index contributed by atoms with van der Waals surface area (Å²) in [6, 6.07) is 10.3. The summed E-state index contributed by atoms with van der Waals surface area (Å²) >= 11 is 0. The number of methoxy groups -OCH3 is 1. The Labute approximate surface area is 250 Å². The van der Waals surface area contributed by atoms with Crippen molar-refractivity contribution in [2.24, 2.45) is 5.92 Å². The van der Waals surface area contributed by atoms with E-state index in [1.807, 2.05) is 54.9 Å². The Morgan fingerprint density at radius 3 is 2.72 bits per heavy atom. The molecule has 0 radical (unpaired) electrons. The fourth-order valence-electron chi connectivity index (χ4n) is 5.08. The number of benzene rings is 2. The van der Waals surface area contributed by atoms with Gasteiger partial charge in [0.25, 0.3) is 0 Å². The molecule has 228 valence electrons. The van der Waals surface area contributed by atoms with Crippen LogP contribution in [0.3, 0.4) is 0 Å². The van der Waals surface area contributed by atoms with Crippen molar-refractivity contribution in [3.8, 4) is 34.4 Å². The van der Waals surface area contributed by atoms with Gasteiger partial charge in [-0.25, -0.2) is 4.98 Å². The first-order valence-corrected chi connectivity index (χ1v) is 14.4. The highest BCUT2D eigenvalue weighted by Gasteiger charge is 2.26. The zero-order valence-corrected chi connectivity index (χ0v) is 24.6. The lowest BCUT2D eigenvalue weighted by Gasteiger charge is -2.26. The molecule has 0 saturated heterocycles. The normalized spacial score (nSPS) is 17.4. The van der Waals surface area contributed by atoms with Crippen LogP contribution in [0.1, 0.15) is 25.8 Å². The van der Waals surface area contributed by atoms with Gasteiger partial charge in [-0.2, -0.15) is 0 Å². The second-order valence-electron chi connectivity index (χ2n) is 10.7. The Bertz CT molecular complexity index is 1470. The number of carbonyl (C=O) groups excluding carboxylic acids is 3. The molecule has 1 aromatic heterocycles. The molecule has 12 nitrogen and oxygen atoms in total. The maximum atomic E-state index is 13.4. The van der Waals surface area contributed by atoms with Gasteiger partial charge in [-0.05, 0) is 48.2 Å². The standard InChI is InChI=1S/C31H37N5O7/c1-20(2)29-31(39)33-11-13-35-12-10-32-30(35)22-6-8-23(40-3)26(17-22)41-15-14-36(18-27(37)34-29)28(38)9-5-21-4-7-24-25(16-21)43-19-42-24/h4,6-8,10,12,16-17,20,29H,5,9,11,13-15,18-19H2,1-3H3,(H,33,39)(H,34,37)/t29-/m1/s1. The van der Waals surface area contributed by atoms with Crippen LogP contribution < -0.4 is 29.6 Å². The summed E-state index contributed by atoms with van der Waals surface area (Å²) < 4.78 is 24.4. The molecule has 0 unspecified atom stereocenters. The molecule has 2 N–H and O–H groups in total. The van der Waals surface area contributed by atoms with Gasteiger partial charge in [0.1, 0.15) is 18.5 Å². The lowest BCUT2D eigenvalue weighted by Crippen LogP contribution is -2.53. The highest BCUT2D eigenvalue weighted by atomic mass is 16.7. The van der Waals surface area contributed by atoms with Crippen molar-refractivity contribution >= 4 is 17.7 Å². The molecule has 1 atom stereocenters. The first-order chi connectivity index (χ1) is 20.8. The summed E-state index contributed by atoms with van der Waals surface area (Å²) in [5.41, 5.74) is 1.73. The van der Waals surface area contributed by atoms with E-state index in [0.29, 0.717) is 48.3 Å². The first kappa shape index (κ1) is 29.7. The fraction of sp³-hybridized carbons (Fsp3) is 0.419. The highest BCUT2D eigenvalue weighted by molar-refractivity contribution is 5.90. The molecular weight excluding hydrogens is 554 g/mol. The summed E-state index contributed by atoms with van der Waals surface area (Å²) in [5, 5.41) is 5.76. The van der Waals surface area contributed by atoms with Crippen molar-refractivity contribution in [1.82, 2.24) is 25.1 Å². The van der Waals surface area contributed by atoms with Crippen molar-refractivity contribution in [2.75, 3.05) is 40.1 Å². The average molecular weight is 592 g/mol. The molecule has 2 aliphatic heterocycles. The quantitative estimate of drug-likeness (QED) is 0.462. The van der Waals surface area contributed by atoms with E-state index in [-0.39, 0.29) is 50.6 Å². The van der Waals surface area contributed by atoms with Crippen LogP contribution in [0.4, 0.5) is 0 Å².